The first-order chi connectivity index (χ1) is 9.52. The van der Waals surface area contributed by atoms with Crippen LogP contribution in [0.5, 0.6) is 0 Å². The predicted octanol–water partition coefficient (Wildman–Crippen LogP) is 0.00830. The van der Waals surface area contributed by atoms with E-state index in [0.717, 1.165) is 12.8 Å². The molecule has 0 aromatic heterocycles. The van der Waals surface area contributed by atoms with Crippen LogP contribution < -0.4 is 11.1 Å². The molecule has 0 aromatic rings. The van der Waals surface area contributed by atoms with Crippen molar-refractivity contribution in [3.63, 3.8) is 0 Å². The molecule has 1 amide bonds. The van der Waals surface area contributed by atoms with E-state index in [1.807, 2.05) is 0 Å². The third-order valence-corrected chi connectivity index (χ3v) is 4.51. The van der Waals surface area contributed by atoms with Crippen molar-refractivity contribution in [3.05, 3.63) is 0 Å². The van der Waals surface area contributed by atoms with Crippen LogP contribution in [-0.2, 0) is 14.3 Å². The Balaban J connectivity index is 1.87. The SMILES string of the molecule is CCOC(=O)C(N)C(=O)NC1CC2CCCC(C1)N2C. The molecule has 6 nitrogen and oxygen atoms in total. The van der Waals surface area contributed by atoms with Crippen LogP contribution in [0.15, 0.2) is 0 Å². The number of ether oxygens (including phenoxy) is 1. The molecular formula is C14H25N3O3. The Bertz CT molecular complexity index is 361. The Morgan fingerprint density at radius 3 is 2.50 bits per heavy atom. The second-order valence-corrected chi connectivity index (χ2v) is 5.81. The van der Waals surface area contributed by atoms with Gasteiger partial charge in [-0.2, -0.15) is 0 Å². The summed E-state index contributed by atoms with van der Waals surface area (Å²) in [5, 5.41) is 2.92. The molecule has 2 aliphatic rings. The maximum absolute atomic E-state index is 12.0. The number of piperidine rings is 2. The minimum atomic E-state index is -1.21. The smallest absolute Gasteiger partial charge is 0.332 e. The number of esters is 1. The van der Waals surface area contributed by atoms with Crippen molar-refractivity contribution in [2.45, 2.75) is 63.2 Å². The molecule has 2 aliphatic heterocycles. The summed E-state index contributed by atoms with van der Waals surface area (Å²) in [5.41, 5.74) is 5.61. The fourth-order valence-corrected chi connectivity index (χ4v) is 3.36. The van der Waals surface area contributed by atoms with E-state index in [4.69, 9.17) is 10.5 Å². The zero-order valence-electron chi connectivity index (χ0n) is 12.3. The van der Waals surface area contributed by atoms with E-state index in [-0.39, 0.29) is 12.6 Å². The van der Waals surface area contributed by atoms with Crippen LogP contribution >= 0.6 is 0 Å². The van der Waals surface area contributed by atoms with E-state index in [9.17, 15) is 9.59 Å². The monoisotopic (exact) mass is 283 g/mol. The molecule has 0 aliphatic carbocycles. The predicted molar refractivity (Wildman–Crippen MR) is 75.0 cm³/mol. The lowest BCUT2D eigenvalue weighted by molar-refractivity contribution is -0.148. The summed E-state index contributed by atoms with van der Waals surface area (Å²) >= 11 is 0. The second-order valence-electron chi connectivity index (χ2n) is 5.81. The van der Waals surface area contributed by atoms with Crippen LogP contribution in [0.25, 0.3) is 0 Å². The molecule has 0 radical (unpaired) electrons. The molecule has 2 rings (SSSR count). The molecule has 2 bridgehead atoms. The molecule has 0 saturated carbocycles. The van der Waals surface area contributed by atoms with Crippen molar-refractivity contribution in [3.8, 4) is 0 Å². The summed E-state index contributed by atoms with van der Waals surface area (Å²) in [6, 6.07) is -0.0258. The number of hydrogen-bond donors (Lipinski definition) is 2. The van der Waals surface area contributed by atoms with Gasteiger partial charge in [0.15, 0.2) is 6.04 Å². The number of nitrogens with one attached hydrogen (secondary N) is 1. The van der Waals surface area contributed by atoms with Gasteiger partial charge >= 0.3 is 5.97 Å². The highest BCUT2D eigenvalue weighted by Gasteiger charge is 2.37. The quantitative estimate of drug-likeness (QED) is 0.561. The summed E-state index contributed by atoms with van der Waals surface area (Å²) in [4.78, 5) is 25.9. The van der Waals surface area contributed by atoms with Gasteiger partial charge < -0.3 is 20.7 Å². The number of carbonyl (C=O) groups is 2. The van der Waals surface area contributed by atoms with Gasteiger partial charge in [-0.15, -0.1) is 0 Å². The van der Waals surface area contributed by atoms with E-state index < -0.39 is 17.9 Å². The maximum atomic E-state index is 12.0. The van der Waals surface area contributed by atoms with Gasteiger partial charge in [0.2, 0.25) is 5.91 Å². The molecule has 2 fully saturated rings. The summed E-state index contributed by atoms with van der Waals surface area (Å²) in [6.45, 7) is 1.93. The van der Waals surface area contributed by atoms with Gasteiger partial charge in [-0.25, -0.2) is 4.79 Å². The molecule has 3 N–H and O–H groups in total. The van der Waals surface area contributed by atoms with Crippen LogP contribution in [0.2, 0.25) is 0 Å². The molecule has 3 unspecified atom stereocenters. The Morgan fingerprint density at radius 2 is 1.95 bits per heavy atom. The van der Waals surface area contributed by atoms with E-state index >= 15 is 0 Å². The van der Waals surface area contributed by atoms with Crippen molar-refractivity contribution in [2.75, 3.05) is 13.7 Å². The Hall–Kier alpha value is -1.14. The molecule has 2 saturated heterocycles. The fraction of sp³-hybridized carbons (Fsp3) is 0.857. The third kappa shape index (κ3) is 3.30. The normalized spacial score (nSPS) is 31.4. The van der Waals surface area contributed by atoms with Crippen molar-refractivity contribution >= 4 is 11.9 Å². The van der Waals surface area contributed by atoms with Gasteiger partial charge in [0.25, 0.3) is 0 Å². The average molecular weight is 283 g/mol. The van der Waals surface area contributed by atoms with Gasteiger partial charge in [0.1, 0.15) is 0 Å². The molecule has 114 valence electrons. The number of rotatable bonds is 4. The van der Waals surface area contributed by atoms with Gasteiger partial charge in [-0.05, 0) is 39.7 Å². The highest BCUT2D eigenvalue weighted by atomic mass is 16.5. The lowest BCUT2D eigenvalue weighted by atomic mass is 9.82. The maximum Gasteiger partial charge on any atom is 0.332 e. The highest BCUT2D eigenvalue weighted by molar-refractivity contribution is 6.01. The van der Waals surface area contributed by atoms with Crippen LogP contribution in [0.3, 0.4) is 0 Å². The number of carbonyl (C=O) groups excluding carboxylic acids is 2. The molecule has 6 heteroatoms. The van der Waals surface area contributed by atoms with E-state index in [1.165, 1.54) is 19.3 Å². The first-order valence-corrected chi connectivity index (χ1v) is 7.47. The molecule has 2 heterocycles. The fourth-order valence-electron chi connectivity index (χ4n) is 3.36. The summed E-state index contributed by atoms with van der Waals surface area (Å²) in [6.07, 6.45) is 5.51. The standard InChI is InChI=1S/C14H25N3O3/c1-3-20-14(19)12(15)13(18)16-9-7-10-5-4-6-11(8-9)17(10)2/h9-12H,3-8,15H2,1-2H3,(H,16,18). The topological polar surface area (TPSA) is 84.7 Å². The van der Waals surface area contributed by atoms with E-state index in [2.05, 4.69) is 17.3 Å². The minimum absolute atomic E-state index is 0.120. The Labute approximate surface area is 120 Å². The number of hydrogen-bond acceptors (Lipinski definition) is 5. The van der Waals surface area contributed by atoms with Gasteiger partial charge in [0.05, 0.1) is 6.61 Å². The summed E-state index contributed by atoms with van der Waals surface area (Å²) in [5.74, 6) is -1.07. The van der Waals surface area contributed by atoms with Crippen LogP contribution in [-0.4, -0.2) is 54.6 Å². The molecule has 20 heavy (non-hydrogen) atoms. The van der Waals surface area contributed by atoms with Crippen molar-refractivity contribution in [2.24, 2.45) is 5.73 Å². The van der Waals surface area contributed by atoms with E-state index in [1.54, 1.807) is 6.92 Å². The average Bonchev–Trinajstić information content (AvgIpc) is 2.39. The van der Waals surface area contributed by atoms with Crippen LogP contribution in [0, 0.1) is 0 Å². The van der Waals surface area contributed by atoms with E-state index in [0.29, 0.717) is 12.1 Å². The summed E-state index contributed by atoms with van der Waals surface area (Å²) < 4.78 is 4.77. The number of nitrogens with zero attached hydrogens (tertiary/aromatic N) is 1. The third-order valence-electron chi connectivity index (χ3n) is 4.51. The molecule has 3 atom stereocenters. The first-order valence-electron chi connectivity index (χ1n) is 7.47. The Kier molecular flexibility index (Phi) is 4.99. The lowest BCUT2D eigenvalue weighted by Crippen LogP contribution is -2.57. The zero-order valence-corrected chi connectivity index (χ0v) is 12.3. The number of fused-ring (bicyclic) bond motifs is 2. The largest absolute Gasteiger partial charge is 0.464 e. The number of nitrogens with two attached hydrogens (primary N) is 1. The molecule has 0 spiro atoms. The number of amides is 1. The van der Waals surface area contributed by atoms with Crippen LogP contribution in [0.4, 0.5) is 0 Å². The van der Waals surface area contributed by atoms with Gasteiger partial charge in [-0.3, -0.25) is 4.79 Å². The van der Waals surface area contributed by atoms with Gasteiger partial charge in [0, 0.05) is 18.1 Å². The lowest BCUT2D eigenvalue weighted by Gasteiger charge is -2.47. The first kappa shape index (κ1) is 15.3. The Morgan fingerprint density at radius 1 is 1.35 bits per heavy atom. The van der Waals surface area contributed by atoms with Crippen molar-refractivity contribution in [1.82, 2.24) is 10.2 Å². The van der Waals surface area contributed by atoms with Crippen LogP contribution in [0.1, 0.15) is 39.0 Å². The zero-order chi connectivity index (χ0) is 14.7. The van der Waals surface area contributed by atoms with Crippen molar-refractivity contribution in [1.29, 1.82) is 0 Å². The molecule has 0 aromatic carbocycles. The van der Waals surface area contributed by atoms with Crippen molar-refractivity contribution < 1.29 is 14.3 Å². The van der Waals surface area contributed by atoms with Gasteiger partial charge in [-0.1, -0.05) is 6.42 Å². The second kappa shape index (κ2) is 6.54. The minimum Gasteiger partial charge on any atom is -0.464 e. The summed E-state index contributed by atoms with van der Waals surface area (Å²) in [7, 11) is 2.16. The highest BCUT2D eigenvalue weighted by Crippen LogP contribution is 2.32. The molecular weight excluding hydrogens is 258 g/mol.